The Hall–Kier alpha value is -1.64. The summed E-state index contributed by atoms with van der Waals surface area (Å²) in [6.45, 7) is 4.51. The summed E-state index contributed by atoms with van der Waals surface area (Å²) in [4.78, 5) is 0. The van der Waals surface area contributed by atoms with Crippen LogP contribution in [-0.4, -0.2) is 20.8 Å². The van der Waals surface area contributed by atoms with E-state index in [1.165, 1.54) is 0 Å². The highest BCUT2D eigenvalue weighted by Crippen LogP contribution is 2.28. The van der Waals surface area contributed by atoms with Crippen LogP contribution in [-0.2, 0) is 0 Å². The number of hydrogen-bond acceptors (Lipinski definition) is 3. The minimum absolute atomic E-state index is 0.817. The maximum Gasteiger partial charge on any atom is 0.142 e. The second-order valence-corrected chi connectivity index (χ2v) is 3.07. The highest BCUT2D eigenvalue weighted by Gasteiger charge is 2.03. The Balaban J connectivity index is 2.76. The highest BCUT2D eigenvalue weighted by atomic mass is 16.5. The van der Waals surface area contributed by atoms with Crippen molar-refractivity contribution >= 4 is 5.69 Å². The lowest BCUT2D eigenvalue weighted by atomic mass is 10.2. The minimum atomic E-state index is 0.817. The number of anilines is 1. The van der Waals surface area contributed by atoms with E-state index in [0.29, 0.717) is 0 Å². The first-order chi connectivity index (χ1) is 7.31. The fraction of sp³-hybridized carbons (Fsp3) is 0.333. The third kappa shape index (κ3) is 3.20. The van der Waals surface area contributed by atoms with Gasteiger partial charge >= 0.3 is 0 Å². The van der Waals surface area contributed by atoms with E-state index in [2.05, 4.69) is 11.9 Å². The zero-order valence-corrected chi connectivity index (χ0v) is 9.25. The third-order valence-corrected chi connectivity index (χ3v) is 2.07. The topological polar surface area (TPSA) is 30.5 Å². The minimum Gasteiger partial charge on any atom is -0.497 e. The molecule has 0 atom stereocenters. The molecule has 0 aromatic heterocycles. The van der Waals surface area contributed by atoms with Gasteiger partial charge in [0.15, 0.2) is 0 Å². The second kappa shape index (κ2) is 5.96. The lowest BCUT2D eigenvalue weighted by molar-refractivity contribution is 0.404. The zero-order chi connectivity index (χ0) is 11.1. The first-order valence-corrected chi connectivity index (χ1v) is 4.88. The van der Waals surface area contributed by atoms with Crippen LogP contribution in [0.5, 0.6) is 11.5 Å². The molecule has 3 nitrogen and oxygen atoms in total. The number of methoxy groups -OCH3 is 2. The van der Waals surface area contributed by atoms with Gasteiger partial charge in [-0.25, -0.2) is 0 Å². The summed E-state index contributed by atoms with van der Waals surface area (Å²) in [5.74, 6) is 1.64. The smallest absolute Gasteiger partial charge is 0.142 e. The largest absolute Gasteiger partial charge is 0.497 e. The fourth-order valence-corrected chi connectivity index (χ4v) is 1.26. The molecule has 0 unspecified atom stereocenters. The van der Waals surface area contributed by atoms with Crippen LogP contribution in [0.3, 0.4) is 0 Å². The predicted molar refractivity (Wildman–Crippen MR) is 62.8 cm³/mol. The number of hydrogen-bond donors (Lipinski definition) is 1. The van der Waals surface area contributed by atoms with Gasteiger partial charge in [-0.15, -0.1) is 6.58 Å². The van der Waals surface area contributed by atoms with Gasteiger partial charge in [-0.1, -0.05) is 6.08 Å². The molecule has 1 aromatic rings. The normalized spacial score (nSPS) is 9.47. The Bertz CT molecular complexity index is 323. The molecule has 0 aliphatic heterocycles. The van der Waals surface area contributed by atoms with Crippen molar-refractivity contribution in [3.8, 4) is 11.5 Å². The average Bonchev–Trinajstić information content (AvgIpc) is 2.29. The van der Waals surface area contributed by atoms with Crippen LogP contribution in [0, 0.1) is 0 Å². The molecular formula is C12H17NO2. The molecule has 1 aromatic carbocycles. The van der Waals surface area contributed by atoms with Crippen molar-refractivity contribution in [3.05, 3.63) is 30.9 Å². The first-order valence-electron chi connectivity index (χ1n) is 4.88. The molecule has 0 spiro atoms. The molecular weight excluding hydrogens is 190 g/mol. The molecule has 0 fully saturated rings. The quantitative estimate of drug-likeness (QED) is 0.574. The molecule has 82 valence electrons. The van der Waals surface area contributed by atoms with Crippen LogP contribution < -0.4 is 14.8 Å². The van der Waals surface area contributed by atoms with E-state index in [9.17, 15) is 0 Å². The monoisotopic (exact) mass is 207 g/mol. The Labute approximate surface area is 90.7 Å². The molecule has 0 amide bonds. The summed E-state index contributed by atoms with van der Waals surface area (Å²) in [7, 11) is 3.30. The van der Waals surface area contributed by atoms with Crippen LogP contribution in [0.15, 0.2) is 30.9 Å². The van der Waals surface area contributed by atoms with E-state index in [0.717, 1.165) is 30.2 Å². The van der Waals surface area contributed by atoms with Gasteiger partial charge in [0, 0.05) is 12.6 Å². The summed E-state index contributed by atoms with van der Waals surface area (Å²) >= 11 is 0. The molecule has 0 aliphatic rings. The highest BCUT2D eigenvalue weighted by molar-refractivity contribution is 5.59. The fourth-order valence-electron chi connectivity index (χ4n) is 1.26. The summed E-state index contributed by atoms with van der Waals surface area (Å²) in [6, 6.07) is 5.68. The molecule has 1 rings (SSSR count). The predicted octanol–water partition coefficient (Wildman–Crippen LogP) is 2.69. The zero-order valence-electron chi connectivity index (χ0n) is 9.25. The molecule has 0 saturated heterocycles. The lowest BCUT2D eigenvalue weighted by Gasteiger charge is -2.11. The van der Waals surface area contributed by atoms with Crippen molar-refractivity contribution in [2.24, 2.45) is 0 Å². The van der Waals surface area contributed by atoms with Gasteiger partial charge in [-0.2, -0.15) is 0 Å². The van der Waals surface area contributed by atoms with Gasteiger partial charge in [0.05, 0.1) is 19.9 Å². The molecule has 1 N–H and O–H groups in total. The van der Waals surface area contributed by atoms with Crippen LogP contribution in [0.4, 0.5) is 5.69 Å². The van der Waals surface area contributed by atoms with E-state index < -0.39 is 0 Å². The van der Waals surface area contributed by atoms with Crippen LogP contribution >= 0.6 is 0 Å². The van der Waals surface area contributed by atoms with Crippen molar-refractivity contribution in [2.45, 2.75) is 6.42 Å². The summed E-state index contributed by atoms with van der Waals surface area (Å²) < 4.78 is 10.4. The van der Waals surface area contributed by atoms with Crippen molar-refractivity contribution in [1.82, 2.24) is 0 Å². The molecule has 0 bridgehead atoms. The van der Waals surface area contributed by atoms with Gasteiger partial charge < -0.3 is 14.8 Å². The molecule has 0 radical (unpaired) electrons. The Morgan fingerprint density at radius 3 is 2.73 bits per heavy atom. The van der Waals surface area contributed by atoms with Crippen LogP contribution in [0.1, 0.15) is 6.42 Å². The van der Waals surface area contributed by atoms with Gasteiger partial charge in [0.2, 0.25) is 0 Å². The van der Waals surface area contributed by atoms with Crippen molar-refractivity contribution in [1.29, 1.82) is 0 Å². The van der Waals surface area contributed by atoms with E-state index in [1.807, 2.05) is 24.3 Å². The maximum atomic E-state index is 5.23. The van der Waals surface area contributed by atoms with Gasteiger partial charge in [0.25, 0.3) is 0 Å². The lowest BCUT2D eigenvalue weighted by Crippen LogP contribution is -2.02. The Morgan fingerprint density at radius 2 is 2.13 bits per heavy atom. The molecule has 15 heavy (non-hydrogen) atoms. The molecule has 0 saturated carbocycles. The average molecular weight is 207 g/mol. The summed E-state index contributed by atoms with van der Waals surface area (Å²) in [5.41, 5.74) is 0.943. The first kappa shape index (κ1) is 11.4. The van der Waals surface area contributed by atoms with Crippen LogP contribution in [0.2, 0.25) is 0 Å². The van der Waals surface area contributed by atoms with E-state index in [4.69, 9.17) is 9.47 Å². The number of ether oxygens (including phenoxy) is 2. The standard InChI is InChI=1S/C12H17NO2/c1-4-5-8-13-11-9-10(14-2)6-7-12(11)15-3/h4,6-7,9,13H,1,5,8H2,2-3H3. The molecule has 3 heteroatoms. The van der Waals surface area contributed by atoms with E-state index in [-0.39, 0.29) is 0 Å². The van der Waals surface area contributed by atoms with Gasteiger partial charge in [-0.05, 0) is 18.6 Å². The SMILES string of the molecule is C=CCCNc1cc(OC)ccc1OC. The van der Waals surface area contributed by atoms with Crippen molar-refractivity contribution in [3.63, 3.8) is 0 Å². The molecule has 0 aliphatic carbocycles. The number of nitrogens with one attached hydrogen (secondary N) is 1. The van der Waals surface area contributed by atoms with Gasteiger partial charge in [0.1, 0.15) is 11.5 Å². The van der Waals surface area contributed by atoms with Crippen molar-refractivity contribution < 1.29 is 9.47 Å². The Kier molecular flexibility index (Phi) is 4.54. The maximum absolute atomic E-state index is 5.23. The molecule has 0 heterocycles. The summed E-state index contributed by atoms with van der Waals surface area (Å²) in [6.07, 6.45) is 2.79. The van der Waals surface area contributed by atoms with Gasteiger partial charge in [-0.3, -0.25) is 0 Å². The van der Waals surface area contributed by atoms with E-state index in [1.54, 1.807) is 14.2 Å². The Morgan fingerprint density at radius 1 is 1.33 bits per heavy atom. The summed E-state index contributed by atoms with van der Waals surface area (Å²) in [5, 5.41) is 3.26. The third-order valence-electron chi connectivity index (χ3n) is 2.07. The van der Waals surface area contributed by atoms with E-state index >= 15 is 0 Å². The second-order valence-electron chi connectivity index (χ2n) is 3.07. The van der Waals surface area contributed by atoms with Crippen LogP contribution in [0.25, 0.3) is 0 Å². The van der Waals surface area contributed by atoms with Crippen molar-refractivity contribution in [2.75, 3.05) is 26.1 Å². The number of benzene rings is 1. The number of rotatable bonds is 6.